The molecule has 0 atom stereocenters. The topological polar surface area (TPSA) is 98.7 Å². The Kier molecular flexibility index (Phi) is 4.42. The number of carboxylic acid groups (broad SMARTS) is 1. The van der Waals surface area contributed by atoms with Crippen molar-refractivity contribution < 1.29 is 19.5 Å². The first-order chi connectivity index (χ1) is 11.5. The number of urea groups is 1. The van der Waals surface area contributed by atoms with Crippen molar-refractivity contribution in [2.24, 2.45) is 5.41 Å². The molecule has 1 saturated heterocycles. The van der Waals surface area contributed by atoms with Crippen molar-refractivity contribution in [2.45, 2.75) is 32.2 Å². The van der Waals surface area contributed by atoms with Crippen LogP contribution in [0.15, 0.2) is 24.3 Å². The van der Waals surface area contributed by atoms with Crippen LogP contribution in [0.25, 0.3) is 0 Å². The minimum absolute atomic E-state index is 0.114. The largest absolute Gasteiger partial charge is 0.480 e. The lowest BCUT2D eigenvalue weighted by Gasteiger charge is -2.16. The Labute approximate surface area is 140 Å². The molecule has 1 aliphatic carbocycles. The lowest BCUT2D eigenvalue weighted by Crippen LogP contribution is -2.36. The number of likely N-dealkylation sites (tertiary alicyclic amines) is 1. The quantitative estimate of drug-likeness (QED) is 0.716. The van der Waals surface area contributed by atoms with Gasteiger partial charge in [0, 0.05) is 25.3 Å². The molecule has 1 aliphatic heterocycles. The van der Waals surface area contributed by atoms with Crippen molar-refractivity contribution in [3.05, 3.63) is 29.8 Å². The van der Waals surface area contributed by atoms with Gasteiger partial charge in [0.2, 0.25) is 5.91 Å². The Bertz CT molecular complexity index is 664. The van der Waals surface area contributed by atoms with E-state index in [9.17, 15) is 14.4 Å². The third kappa shape index (κ3) is 3.34. The summed E-state index contributed by atoms with van der Waals surface area (Å²) in [4.78, 5) is 37.0. The monoisotopic (exact) mass is 331 g/mol. The minimum Gasteiger partial charge on any atom is -0.480 e. The number of rotatable bonds is 5. The number of benzene rings is 1. The molecule has 0 spiro atoms. The van der Waals surface area contributed by atoms with E-state index >= 15 is 0 Å². The number of aliphatic carboxylic acids is 1. The summed E-state index contributed by atoms with van der Waals surface area (Å²) in [6, 6.07) is 7.08. The van der Waals surface area contributed by atoms with Crippen LogP contribution in [0.5, 0.6) is 0 Å². The van der Waals surface area contributed by atoms with Gasteiger partial charge in [-0.05, 0) is 43.4 Å². The molecule has 3 N–H and O–H groups in total. The summed E-state index contributed by atoms with van der Waals surface area (Å²) in [6.07, 6.45) is 2.84. The third-order valence-electron chi connectivity index (χ3n) is 4.62. The van der Waals surface area contributed by atoms with E-state index in [4.69, 9.17) is 5.11 Å². The highest BCUT2D eigenvalue weighted by Gasteiger charge is 2.56. The second-order valence-electron chi connectivity index (χ2n) is 6.39. The number of carbonyl (C=O) groups excluding carboxylic acids is 2. The van der Waals surface area contributed by atoms with Gasteiger partial charge in [0.15, 0.2) is 0 Å². The molecule has 1 saturated carbocycles. The van der Waals surface area contributed by atoms with Crippen molar-refractivity contribution in [3.63, 3.8) is 0 Å². The van der Waals surface area contributed by atoms with Crippen molar-refractivity contribution >= 4 is 23.6 Å². The summed E-state index contributed by atoms with van der Waals surface area (Å²) in [7, 11) is 0. The summed E-state index contributed by atoms with van der Waals surface area (Å²) < 4.78 is 0. The molecule has 1 heterocycles. The molecule has 1 aromatic rings. The second-order valence-corrected chi connectivity index (χ2v) is 6.39. The highest BCUT2D eigenvalue weighted by atomic mass is 16.4. The normalized spacial score (nSPS) is 18.1. The molecule has 7 nitrogen and oxygen atoms in total. The minimum atomic E-state index is -1.23. The molecule has 2 fully saturated rings. The summed E-state index contributed by atoms with van der Waals surface area (Å²) >= 11 is 0. The molecule has 2 aliphatic rings. The average molecular weight is 331 g/mol. The summed E-state index contributed by atoms with van der Waals surface area (Å²) in [5, 5.41) is 14.6. The molecule has 1 aromatic carbocycles. The number of nitrogens with zero attached hydrogens (tertiary/aromatic N) is 1. The number of anilines is 1. The zero-order valence-corrected chi connectivity index (χ0v) is 13.4. The Balaban J connectivity index is 1.56. The summed E-state index contributed by atoms with van der Waals surface area (Å²) in [6.45, 7) is 1.79. The molecule has 0 unspecified atom stereocenters. The van der Waals surface area contributed by atoms with Gasteiger partial charge in [0.05, 0.1) is 0 Å². The fourth-order valence-corrected chi connectivity index (χ4v) is 2.90. The number of amides is 3. The van der Waals surface area contributed by atoms with Crippen molar-refractivity contribution in [2.75, 3.05) is 18.4 Å². The van der Waals surface area contributed by atoms with Crippen LogP contribution in [0.4, 0.5) is 10.5 Å². The van der Waals surface area contributed by atoms with Gasteiger partial charge in [-0.25, -0.2) is 4.79 Å². The molecule has 3 rings (SSSR count). The van der Waals surface area contributed by atoms with Crippen LogP contribution < -0.4 is 10.6 Å². The number of nitrogens with one attached hydrogen (secondary N) is 2. The highest BCUT2D eigenvalue weighted by molar-refractivity contribution is 6.04. The first-order valence-corrected chi connectivity index (χ1v) is 8.18. The fourth-order valence-electron chi connectivity index (χ4n) is 2.90. The molecular weight excluding hydrogens is 310 g/mol. The van der Waals surface area contributed by atoms with E-state index in [2.05, 4.69) is 10.6 Å². The number of hydrogen-bond acceptors (Lipinski definition) is 3. The molecule has 0 radical (unpaired) electrons. The van der Waals surface area contributed by atoms with E-state index in [0.29, 0.717) is 18.5 Å². The molecule has 0 aromatic heterocycles. The van der Waals surface area contributed by atoms with Gasteiger partial charge in [-0.15, -0.1) is 0 Å². The van der Waals surface area contributed by atoms with E-state index in [1.807, 2.05) is 6.07 Å². The zero-order chi connectivity index (χ0) is 17.2. The van der Waals surface area contributed by atoms with Gasteiger partial charge in [0.25, 0.3) is 0 Å². The molecule has 128 valence electrons. The first-order valence-electron chi connectivity index (χ1n) is 8.18. The van der Waals surface area contributed by atoms with Gasteiger partial charge >= 0.3 is 12.0 Å². The molecular formula is C17H21N3O4. The van der Waals surface area contributed by atoms with Crippen LogP contribution in [0.2, 0.25) is 0 Å². The van der Waals surface area contributed by atoms with Crippen LogP contribution in [-0.4, -0.2) is 41.0 Å². The Morgan fingerprint density at radius 3 is 2.50 bits per heavy atom. The molecule has 7 heteroatoms. The van der Waals surface area contributed by atoms with Gasteiger partial charge < -0.3 is 20.6 Å². The molecule has 3 amide bonds. The SMILES string of the molecule is O=C(Nc1cccc(CNC(=O)C2(C(=O)O)CC2)c1)N1CCCC1. The fraction of sp³-hybridized carbons (Fsp3) is 0.471. The summed E-state index contributed by atoms with van der Waals surface area (Å²) in [5.41, 5.74) is 0.239. The Hall–Kier alpha value is -2.57. The predicted octanol–water partition coefficient (Wildman–Crippen LogP) is 1.80. The first kappa shape index (κ1) is 16.3. The van der Waals surface area contributed by atoms with Gasteiger partial charge in [-0.1, -0.05) is 12.1 Å². The number of hydrogen-bond donors (Lipinski definition) is 3. The number of carbonyl (C=O) groups is 3. The van der Waals surface area contributed by atoms with Crippen LogP contribution >= 0.6 is 0 Å². The van der Waals surface area contributed by atoms with Gasteiger partial charge in [-0.3, -0.25) is 9.59 Å². The van der Waals surface area contributed by atoms with E-state index in [1.54, 1.807) is 23.1 Å². The third-order valence-corrected chi connectivity index (χ3v) is 4.62. The molecule has 24 heavy (non-hydrogen) atoms. The van der Waals surface area contributed by atoms with E-state index in [1.165, 1.54) is 0 Å². The van der Waals surface area contributed by atoms with Gasteiger partial charge in [0.1, 0.15) is 5.41 Å². The second kappa shape index (κ2) is 6.51. The van der Waals surface area contributed by atoms with Crippen molar-refractivity contribution in [1.29, 1.82) is 0 Å². The smallest absolute Gasteiger partial charge is 0.321 e. The lowest BCUT2D eigenvalue weighted by molar-refractivity contribution is -0.149. The molecule has 0 bridgehead atoms. The summed E-state index contributed by atoms with van der Waals surface area (Å²) in [5.74, 6) is -1.51. The van der Waals surface area contributed by atoms with E-state index < -0.39 is 17.3 Å². The predicted molar refractivity (Wildman–Crippen MR) is 87.4 cm³/mol. The maximum Gasteiger partial charge on any atom is 0.321 e. The standard InChI is InChI=1S/C17H21N3O4/c21-14(17(6-7-17)15(22)23)18-11-12-4-3-5-13(10-12)19-16(24)20-8-1-2-9-20/h3-5,10H,1-2,6-9,11H2,(H,18,21)(H,19,24)(H,22,23). The van der Waals surface area contributed by atoms with Crippen LogP contribution in [0.1, 0.15) is 31.2 Å². The average Bonchev–Trinajstić information content (AvgIpc) is 3.20. The van der Waals surface area contributed by atoms with Gasteiger partial charge in [-0.2, -0.15) is 0 Å². The van der Waals surface area contributed by atoms with Crippen LogP contribution in [0, 0.1) is 5.41 Å². The van der Waals surface area contributed by atoms with Crippen molar-refractivity contribution in [3.8, 4) is 0 Å². The van der Waals surface area contributed by atoms with E-state index in [-0.39, 0.29) is 12.6 Å². The van der Waals surface area contributed by atoms with Crippen molar-refractivity contribution in [1.82, 2.24) is 10.2 Å². The lowest BCUT2D eigenvalue weighted by atomic mass is 10.1. The van der Waals surface area contributed by atoms with Crippen LogP contribution in [-0.2, 0) is 16.1 Å². The highest BCUT2D eigenvalue weighted by Crippen LogP contribution is 2.46. The maximum atomic E-state index is 12.1. The van der Waals surface area contributed by atoms with E-state index in [0.717, 1.165) is 31.5 Å². The zero-order valence-electron chi connectivity index (χ0n) is 13.4. The Morgan fingerprint density at radius 2 is 1.88 bits per heavy atom. The number of carboxylic acids is 1. The maximum absolute atomic E-state index is 12.1. The Morgan fingerprint density at radius 1 is 1.17 bits per heavy atom. The van der Waals surface area contributed by atoms with Crippen LogP contribution in [0.3, 0.4) is 0 Å².